The van der Waals surface area contributed by atoms with Gasteiger partial charge >= 0.3 is 0 Å². The van der Waals surface area contributed by atoms with Gasteiger partial charge in [0.25, 0.3) is 11.6 Å². The summed E-state index contributed by atoms with van der Waals surface area (Å²) in [6, 6.07) is 2.90. The van der Waals surface area contributed by atoms with E-state index < -0.39 is 16.6 Å². The lowest BCUT2D eigenvalue weighted by molar-refractivity contribution is -0.385. The summed E-state index contributed by atoms with van der Waals surface area (Å²) in [7, 11) is 0. The molecule has 102 valence electrons. The predicted octanol–water partition coefficient (Wildman–Crippen LogP) is 2.65. The molecule has 2 rings (SSSR count). The number of carbonyl (C=O) groups excluding carboxylic acids is 1. The Bertz CT molecular complexity index is 499. The second kappa shape index (κ2) is 5.77. The molecule has 1 aliphatic rings. The summed E-state index contributed by atoms with van der Waals surface area (Å²) in [6.45, 7) is 0.493. The van der Waals surface area contributed by atoms with Crippen molar-refractivity contribution in [2.75, 3.05) is 6.54 Å². The van der Waals surface area contributed by atoms with E-state index in [1.54, 1.807) is 0 Å². The van der Waals surface area contributed by atoms with Gasteiger partial charge < -0.3 is 5.32 Å². The molecule has 0 atom stereocenters. The Hall–Kier alpha value is -1.98. The number of nitrogens with zero attached hydrogens (tertiary/aromatic N) is 1. The smallest absolute Gasteiger partial charge is 0.282 e. The van der Waals surface area contributed by atoms with Crippen molar-refractivity contribution in [2.24, 2.45) is 5.92 Å². The number of carbonyl (C=O) groups is 1. The molecule has 0 radical (unpaired) electrons. The van der Waals surface area contributed by atoms with Gasteiger partial charge in [-0.3, -0.25) is 14.9 Å². The largest absolute Gasteiger partial charge is 0.352 e. The highest BCUT2D eigenvalue weighted by atomic mass is 19.1. The third-order valence-electron chi connectivity index (χ3n) is 3.43. The average molecular weight is 266 g/mol. The first-order valence-electron chi connectivity index (χ1n) is 6.30. The van der Waals surface area contributed by atoms with Crippen molar-refractivity contribution in [3.05, 3.63) is 39.7 Å². The molecule has 1 aliphatic carbocycles. The molecule has 0 aromatic heterocycles. The maximum atomic E-state index is 13.1. The monoisotopic (exact) mass is 266 g/mol. The number of hydrogen-bond donors (Lipinski definition) is 1. The summed E-state index contributed by atoms with van der Waals surface area (Å²) in [5.74, 6) is -0.814. The molecule has 0 unspecified atom stereocenters. The van der Waals surface area contributed by atoms with Gasteiger partial charge in [0.2, 0.25) is 0 Å². The van der Waals surface area contributed by atoms with Gasteiger partial charge in [-0.05, 0) is 30.9 Å². The topological polar surface area (TPSA) is 72.2 Å². The number of nitrogens with one attached hydrogen (secondary N) is 1. The Balaban J connectivity index is 2.08. The van der Waals surface area contributed by atoms with Crippen LogP contribution in [0.5, 0.6) is 0 Å². The second-order valence-corrected chi connectivity index (χ2v) is 4.78. The molecule has 1 aromatic carbocycles. The number of halogens is 1. The van der Waals surface area contributed by atoms with Crippen molar-refractivity contribution in [3.8, 4) is 0 Å². The molecule has 0 spiro atoms. The maximum absolute atomic E-state index is 13.1. The molecule has 5 nitrogen and oxygen atoms in total. The molecule has 1 N–H and O–H groups in total. The van der Waals surface area contributed by atoms with Crippen LogP contribution in [-0.4, -0.2) is 17.4 Å². The molecule has 1 aromatic rings. The molecule has 19 heavy (non-hydrogen) atoms. The van der Waals surface area contributed by atoms with Crippen LogP contribution in [0.2, 0.25) is 0 Å². The fraction of sp³-hybridized carbons (Fsp3) is 0.462. The summed E-state index contributed by atoms with van der Waals surface area (Å²) >= 11 is 0. The van der Waals surface area contributed by atoms with E-state index in [0.717, 1.165) is 43.9 Å². The molecule has 1 fully saturated rings. The summed E-state index contributed by atoms with van der Waals surface area (Å²) in [4.78, 5) is 22.0. The fourth-order valence-electron chi connectivity index (χ4n) is 2.40. The molecule has 0 saturated heterocycles. The second-order valence-electron chi connectivity index (χ2n) is 4.78. The van der Waals surface area contributed by atoms with Crippen molar-refractivity contribution in [2.45, 2.75) is 25.7 Å². The number of nitro benzene ring substituents is 1. The fourth-order valence-corrected chi connectivity index (χ4v) is 2.40. The Morgan fingerprint density at radius 2 is 2.11 bits per heavy atom. The van der Waals surface area contributed by atoms with Crippen molar-refractivity contribution in [1.82, 2.24) is 5.32 Å². The lowest BCUT2D eigenvalue weighted by atomic mass is 10.1. The van der Waals surface area contributed by atoms with Gasteiger partial charge in [-0.1, -0.05) is 12.8 Å². The third-order valence-corrected chi connectivity index (χ3v) is 3.43. The molecule has 0 bridgehead atoms. The molecule has 1 saturated carbocycles. The van der Waals surface area contributed by atoms with Crippen LogP contribution in [0.15, 0.2) is 18.2 Å². The zero-order valence-corrected chi connectivity index (χ0v) is 10.4. The first kappa shape index (κ1) is 13.5. The number of amides is 1. The molecule has 0 heterocycles. The van der Waals surface area contributed by atoms with Crippen molar-refractivity contribution in [3.63, 3.8) is 0 Å². The lowest BCUT2D eigenvalue weighted by Gasteiger charge is -2.10. The Morgan fingerprint density at radius 3 is 2.74 bits per heavy atom. The minimum absolute atomic E-state index is 0.219. The first-order valence-corrected chi connectivity index (χ1v) is 6.30. The van der Waals surface area contributed by atoms with Crippen LogP contribution < -0.4 is 5.32 Å². The minimum Gasteiger partial charge on any atom is -0.352 e. The zero-order chi connectivity index (χ0) is 13.8. The van der Waals surface area contributed by atoms with Crippen LogP contribution >= 0.6 is 0 Å². The molecule has 0 aliphatic heterocycles. The molecular weight excluding hydrogens is 251 g/mol. The van der Waals surface area contributed by atoms with E-state index in [1.807, 2.05) is 0 Å². The van der Waals surface area contributed by atoms with Crippen molar-refractivity contribution >= 4 is 11.6 Å². The van der Waals surface area contributed by atoms with E-state index in [0.29, 0.717) is 12.5 Å². The SMILES string of the molecule is O=C(NCC1CCCC1)c1cc(F)ccc1[N+](=O)[O-]. The highest BCUT2D eigenvalue weighted by Crippen LogP contribution is 2.24. The van der Waals surface area contributed by atoms with E-state index >= 15 is 0 Å². The highest BCUT2D eigenvalue weighted by Gasteiger charge is 2.22. The van der Waals surface area contributed by atoms with Crippen LogP contribution in [-0.2, 0) is 0 Å². The zero-order valence-electron chi connectivity index (χ0n) is 10.4. The summed E-state index contributed by atoms with van der Waals surface area (Å²) < 4.78 is 13.1. The van der Waals surface area contributed by atoms with Crippen LogP contribution in [0.3, 0.4) is 0 Å². The Kier molecular flexibility index (Phi) is 4.09. The quantitative estimate of drug-likeness (QED) is 0.672. The van der Waals surface area contributed by atoms with Crippen LogP contribution in [0.25, 0.3) is 0 Å². The summed E-state index contributed by atoms with van der Waals surface area (Å²) in [5.41, 5.74) is -0.590. The van der Waals surface area contributed by atoms with Gasteiger partial charge in [0.15, 0.2) is 0 Å². The van der Waals surface area contributed by atoms with E-state index in [2.05, 4.69) is 5.32 Å². The summed E-state index contributed by atoms with van der Waals surface area (Å²) in [6.07, 6.45) is 4.43. The van der Waals surface area contributed by atoms with Gasteiger partial charge in [0.1, 0.15) is 11.4 Å². The molecule has 6 heteroatoms. The van der Waals surface area contributed by atoms with Crippen molar-refractivity contribution in [1.29, 1.82) is 0 Å². The van der Waals surface area contributed by atoms with Gasteiger partial charge in [-0.15, -0.1) is 0 Å². The normalized spacial score (nSPS) is 15.4. The molecule has 1 amide bonds. The Labute approximate surface area is 110 Å². The van der Waals surface area contributed by atoms with Gasteiger partial charge in [0, 0.05) is 12.6 Å². The van der Waals surface area contributed by atoms with Gasteiger partial charge in [-0.25, -0.2) is 4.39 Å². The van der Waals surface area contributed by atoms with E-state index in [-0.39, 0.29) is 11.3 Å². The van der Waals surface area contributed by atoms with Crippen LogP contribution in [0, 0.1) is 21.8 Å². The van der Waals surface area contributed by atoms with Crippen LogP contribution in [0.4, 0.5) is 10.1 Å². The minimum atomic E-state index is -0.677. The van der Waals surface area contributed by atoms with Crippen molar-refractivity contribution < 1.29 is 14.1 Å². The number of nitro groups is 1. The van der Waals surface area contributed by atoms with E-state index in [4.69, 9.17) is 0 Å². The Morgan fingerprint density at radius 1 is 1.42 bits per heavy atom. The maximum Gasteiger partial charge on any atom is 0.282 e. The third kappa shape index (κ3) is 3.27. The number of benzene rings is 1. The van der Waals surface area contributed by atoms with E-state index in [1.165, 1.54) is 0 Å². The summed E-state index contributed by atoms with van der Waals surface area (Å²) in [5, 5.41) is 13.5. The predicted molar refractivity (Wildman–Crippen MR) is 67.3 cm³/mol. The first-order chi connectivity index (χ1) is 9.08. The van der Waals surface area contributed by atoms with Gasteiger partial charge in [-0.2, -0.15) is 0 Å². The average Bonchev–Trinajstić information content (AvgIpc) is 2.88. The molecular formula is C13H15FN2O3. The lowest BCUT2D eigenvalue weighted by Crippen LogP contribution is -2.29. The van der Waals surface area contributed by atoms with E-state index in [9.17, 15) is 19.3 Å². The highest BCUT2D eigenvalue weighted by molar-refractivity contribution is 5.98. The van der Waals surface area contributed by atoms with Gasteiger partial charge in [0.05, 0.1) is 4.92 Å². The van der Waals surface area contributed by atoms with Crippen LogP contribution in [0.1, 0.15) is 36.0 Å². The standard InChI is InChI=1S/C13H15FN2O3/c14-10-5-6-12(16(18)19)11(7-10)13(17)15-8-9-3-1-2-4-9/h5-7,9H,1-4,8H2,(H,15,17). The number of hydrogen-bond acceptors (Lipinski definition) is 3. The number of rotatable bonds is 4.